The van der Waals surface area contributed by atoms with Crippen LogP contribution in [-0.2, 0) is 4.79 Å². The first-order valence-corrected chi connectivity index (χ1v) is 11.4. The van der Waals surface area contributed by atoms with Crippen molar-refractivity contribution in [2.75, 3.05) is 0 Å². The van der Waals surface area contributed by atoms with E-state index in [0.29, 0.717) is 17.1 Å². The van der Waals surface area contributed by atoms with Crippen molar-refractivity contribution in [2.24, 2.45) is 46.3 Å². The largest absolute Gasteiger partial charge is 0.299 e. The summed E-state index contributed by atoms with van der Waals surface area (Å²) in [6.45, 7) is 13.9. The number of hydrogen-bond acceptors (Lipinski definition) is 1. The minimum atomic E-state index is 0.0224. The summed E-state index contributed by atoms with van der Waals surface area (Å²) in [4.78, 5) is 12.8. The van der Waals surface area contributed by atoms with Gasteiger partial charge in [0.1, 0.15) is 5.78 Å². The molecule has 4 fully saturated rings. The number of carbonyl (C=O) groups excluding carboxylic acids is 1. The highest BCUT2D eigenvalue weighted by atomic mass is 16.1. The third kappa shape index (κ3) is 3.02. The molecule has 0 saturated heterocycles. The van der Waals surface area contributed by atoms with E-state index in [1.807, 2.05) is 13.8 Å². The van der Waals surface area contributed by atoms with Gasteiger partial charge in [-0.3, -0.25) is 4.79 Å². The number of hydrogen-bond donors (Lipinski definition) is 0. The molecule has 4 aliphatic rings. The Bertz CT molecular complexity index is 496. The van der Waals surface area contributed by atoms with Crippen LogP contribution in [0.25, 0.3) is 0 Å². The highest BCUT2D eigenvalue weighted by Crippen LogP contribution is 2.64. The third-order valence-corrected chi connectivity index (χ3v) is 9.07. The van der Waals surface area contributed by atoms with Crippen LogP contribution < -0.4 is 0 Å². The smallest absolute Gasteiger partial charge is 0.139 e. The van der Waals surface area contributed by atoms with Gasteiger partial charge in [-0.1, -0.05) is 48.0 Å². The van der Waals surface area contributed by atoms with E-state index in [1.165, 1.54) is 44.9 Å². The molecule has 1 nitrogen and oxygen atoms in total. The van der Waals surface area contributed by atoms with Crippen LogP contribution in [0.2, 0.25) is 0 Å². The third-order valence-electron chi connectivity index (χ3n) is 9.07. The van der Waals surface area contributed by atoms with E-state index in [2.05, 4.69) is 27.7 Å². The SMILES string of the molecule is CC.CC1CCC2C3CCC4(C)C(=O)CCC(C)C4C3CCC2(C)C1. The Morgan fingerprint density at radius 2 is 1.56 bits per heavy atom. The van der Waals surface area contributed by atoms with Gasteiger partial charge in [-0.2, -0.15) is 0 Å². The summed E-state index contributed by atoms with van der Waals surface area (Å²) in [6.07, 6.45) is 11.7. The van der Waals surface area contributed by atoms with Gasteiger partial charge in [0.25, 0.3) is 0 Å². The van der Waals surface area contributed by atoms with E-state index in [-0.39, 0.29) is 5.41 Å². The van der Waals surface area contributed by atoms with Gasteiger partial charge in [0.15, 0.2) is 0 Å². The number of rotatable bonds is 0. The van der Waals surface area contributed by atoms with Gasteiger partial charge < -0.3 is 0 Å². The zero-order valence-electron chi connectivity index (χ0n) is 17.7. The van der Waals surface area contributed by atoms with Gasteiger partial charge in [-0.25, -0.2) is 0 Å². The summed E-state index contributed by atoms with van der Waals surface area (Å²) < 4.78 is 0. The molecular weight excluding hydrogens is 304 g/mol. The predicted molar refractivity (Wildman–Crippen MR) is 106 cm³/mol. The normalized spacial score (nSPS) is 52.2. The zero-order valence-corrected chi connectivity index (χ0v) is 17.7. The first-order chi connectivity index (χ1) is 11.8. The Labute approximate surface area is 156 Å². The van der Waals surface area contributed by atoms with Gasteiger partial charge in [0.2, 0.25) is 0 Å². The monoisotopic (exact) mass is 346 g/mol. The summed E-state index contributed by atoms with van der Waals surface area (Å²) in [5.41, 5.74) is 0.628. The van der Waals surface area contributed by atoms with Crippen LogP contribution in [-0.4, -0.2) is 5.78 Å². The van der Waals surface area contributed by atoms with Crippen molar-refractivity contribution in [3.63, 3.8) is 0 Å². The second kappa shape index (κ2) is 7.01. The Kier molecular flexibility index (Phi) is 5.45. The van der Waals surface area contributed by atoms with E-state index in [1.54, 1.807) is 0 Å². The minimum absolute atomic E-state index is 0.0224. The molecule has 0 aromatic carbocycles. The Morgan fingerprint density at radius 1 is 0.880 bits per heavy atom. The molecule has 0 N–H and O–H groups in total. The number of carbonyl (C=O) groups is 1. The molecule has 0 spiro atoms. The fraction of sp³-hybridized carbons (Fsp3) is 0.958. The molecule has 0 heterocycles. The lowest BCUT2D eigenvalue weighted by Crippen LogP contribution is -2.57. The molecular formula is C24H42O. The second-order valence-corrected chi connectivity index (χ2v) is 10.4. The fourth-order valence-electron chi connectivity index (χ4n) is 8.06. The highest BCUT2D eigenvalue weighted by Gasteiger charge is 2.59. The molecule has 4 rings (SSSR count). The summed E-state index contributed by atoms with van der Waals surface area (Å²) >= 11 is 0. The number of fused-ring (bicyclic) bond motifs is 5. The quantitative estimate of drug-likeness (QED) is 0.466. The minimum Gasteiger partial charge on any atom is -0.299 e. The van der Waals surface area contributed by atoms with Gasteiger partial charge in [0, 0.05) is 11.8 Å². The lowest BCUT2D eigenvalue weighted by Gasteiger charge is -2.62. The Balaban J connectivity index is 0.000000880. The Morgan fingerprint density at radius 3 is 2.28 bits per heavy atom. The summed E-state index contributed by atoms with van der Waals surface area (Å²) in [7, 11) is 0. The first kappa shape index (κ1) is 19.4. The van der Waals surface area contributed by atoms with Crippen LogP contribution in [0.1, 0.15) is 99.3 Å². The maximum absolute atomic E-state index is 12.8. The molecule has 0 aromatic heterocycles. The molecule has 1 heteroatoms. The molecule has 0 aliphatic heterocycles. The lowest BCUT2D eigenvalue weighted by molar-refractivity contribution is -0.158. The second-order valence-electron chi connectivity index (χ2n) is 10.4. The molecule has 8 atom stereocenters. The van der Waals surface area contributed by atoms with E-state index < -0.39 is 0 Å². The molecule has 4 aliphatic carbocycles. The van der Waals surface area contributed by atoms with E-state index in [0.717, 1.165) is 42.4 Å². The molecule has 0 radical (unpaired) electrons. The van der Waals surface area contributed by atoms with Crippen molar-refractivity contribution in [3.8, 4) is 0 Å². The van der Waals surface area contributed by atoms with Crippen molar-refractivity contribution >= 4 is 5.78 Å². The number of Topliss-reactive ketones (excluding diaryl/α,β-unsaturated/α-hetero) is 1. The van der Waals surface area contributed by atoms with Crippen molar-refractivity contribution < 1.29 is 4.79 Å². The average Bonchev–Trinajstić information content (AvgIpc) is 2.59. The lowest BCUT2D eigenvalue weighted by atomic mass is 9.42. The van der Waals surface area contributed by atoms with Gasteiger partial charge in [0.05, 0.1) is 0 Å². The van der Waals surface area contributed by atoms with Crippen LogP contribution in [0.15, 0.2) is 0 Å². The summed E-state index contributed by atoms with van der Waals surface area (Å²) in [5, 5.41) is 0. The average molecular weight is 347 g/mol. The molecule has 0 amide bonds. The molecule has 0 aromatic rings. The van der Waals surface area contributed by atoms with Crippen molar-refractivity contribution in [1.29, 1.82) is 0 Å². The van der Waals surface area contributed by atoms with Gasteiger partial charge >= 0.3 is 0 Å². The molecule has 8 unspecified atom stereocenters. The maximum Gasteiger partial charge on any atom is 0.139 e. The topological polar surface area (TPSA) is 17.1 Å². The van der Waals surface area contributed by atoms with Crippen molar-refractivity contribution in [2.45, 2.75) is 99.3 Å². The van der Waals surface area contributed by atoms with Crippen LogP contribution in [0.5, 0.6) is 0 Å². The highest BCUT2D eigenvalue weighted by molar-refractivity contribution is 5.85. The van der Waals surface area contributed by atoms with E-state index in [4.69, 9.17) is 0 Å². The first-order valence-electron chi connectivity index (χ1n) is 11.4. The summed E-state index contributed by atoms with van der Waals surface area (Å²) in [6, 6.07) is 0. The zero-order chi connectivity index (χ0) is 18.4. The molecule has 4 saturated carbocycles. The van der Waals surface area contributed by atoms with E-state index in [9.17, 15) is 4.79 Å². The molecule has 25 heavy (non-hydrogen) atoms. The maximum atomic E-state index is 12.8. The van der Waals surface area contributed by atoms with Crippen LogP contribution in [0.4, 0.5) is 0 Å². The van der Waals surface area contributed by atoms with Gasteiger partial charge in [-0.15, -0.1) is 0 Å². The Hall–Kier alpha value is -0.330. The molecule has 144 valence electrons. The van der Waals surface area contributed by atoms with Crippen LogP contribution >= 0.6 is 0 Å². The molecule has 0 bridgehead atoms. The van der Waals surface area contributed by atoms with Crippen LogP contribution in [0, 0.1) is 46.3 Å². The van der Waals surface area contributed by atoms with Crippen molar-refractivity contribution in [1.82, 2.24) is 0 Å². The predicted octanol–water partition coefficient (Wildman–Crippen LogP) is 6.90. The fourth-order valence-corrected chi connectivity index (χ4v) is 8.06. The van der Waals surface area contributed by atoms with Crippen molar-refractivity contribution in [3.05, 3.63) is 0 Å². The van der Waals surface area contributed by atoms with E-state index >= 15 is 0 Å². The summed E-state index contributed by atoms with van der Waals surface area (Å²) in [5.74, 6) is 5.70. The van der Waals surface area contributed by atoms with Gasteiger partial charge in [-0.05, 0) is 85.9 Å². The number of ketones is 1. The van der Waals surface area contributed by atoms with Crippen LogP contribution in [0.3, 0.4) is 0 Å². The standard InChI is InChI=1S/C22H36O.C2H6/c1-14-5-7-18-16-10-12-22(4)19(23)8-6-15(2)20(22)17(16)9-11-21(18,3)13-14;1-2/h14-18,20H,5-13H2,1-4H3;1-2H3.